The molecule has 1 amide bonds. The molecule has 0 aliphatic rings. The highest BCUT2D eigenvalue weighted by atomic mass is 16.4. The third-order valence-electron chi connectivity index (χ3n) is 2.64. The molecule has 6 heteroatoms. The quantitative estimate of drug-likeness (QED) is 0.613. The molecule has 0 radical (unpaired) electrons. The minimum atomic E-state index is -0.822. The number of nitrogens with zero attached hydrogens (tertiary/aromatic N) is 1. The fraction of sp³-hybridized carbons (Fsp3) is 0.583. The van der Waals surface area contributed by atoms with Crippen LogP contribution in [0.15, 0.2) is 12.4 Å². The number of unbranched alkanes of at least 4 members (excludes halogenated alkanes) is 1. The lowest BCUT2D eigenvalue weighted by Gasteiger charge is -2.14. The second-order valence-electron chi connectivity index (χ2n) is 4.10. The summed E-state index contributed by atoms with van der Waals surface area (Å²) >= 11 is 0. The van der Waals surface area contributed by atoms with Crippen LogP contribution in [0.4, 0.5) is 0 Å². The maximum atomic E-state index is 11.7. The van der Waals surface area contributed by atoms with Gasteiger partial charge in [-0.2, -0.15) is 0 Å². The van der Waals surface area contributed by atoms with Crippen LogP contribution in [-0.2, 0) is 9.59 Å². The first-order chi connectivity index (χ1) is 8.63. The number of hydrogen-bond acceptors (Lipinski definition) is 3. The summed E-state index contributed by atoms with van der Waals surface area (Å²) < 4.78 is 0. The third-order valence-corrected chi connectivity index (χ3v) is 2.64. The van der Waals surface area contributed by atoms with Gasteiger partial charge in [-0.3, -0.25) is 9.59 Å². The maximum Gasteiger partial charge on any atom is 0.303 e. The summed E-state index contributed by atoms with van der Waals surface area (Å²) in [6.45, 7) is 1.97. The number of aliphatic carboxylic acids is 1. The molecular weight excluding hydrogens is 234 g/mol. The van der Waals surface area contributed by atoms with E-state index in [0.717, 1.165) is 12.2 Å². The Morgan fingerprint density at radius 1 is 1.44 bits per heavy atom. The lowest BCUT2D eigenvalue weighted by atomic mass is 10.1. The van der Waals surface area contributed by atoms with Gasteiger partial charge >= 0.3 is 5.97 Å². The summed E-state index contributed by atoms with van der Waals surface area (Å²) in [7, 11) is 0. The van der Waals surface area contributed by atoms with E-state index in [0.29, 0.717) is 19.3 Å². The van der Waals surface area contributed by atoms with E-state index in [4.69, 9.17) is 5.11 Å². The molecule has 18 heavy (non-hydrogen) atoms. The van der Waals surface area contributed by atoms with Crippen molar-refractivity contribution in [3.8, 4) is 0 Å². The SMILES string of the molecule is CCC(NC(=O)CCCCC(=O)O)c1ncc[nH]1. The summed E-state index contributed by atoms with van der Waals surface area (Å²) in [6.07, 6.45) is 5.71. The average molecular weight is 253 g/mol. The Kier molecular flexibility index (Phi) is 5.90. The largest absolute Gasteiger partial charge is 0.481 e. The fourth-order valence-electron chi connectivity index (χ4n) is 1.66. The van der Waals surface area contributed by atoms with Crippen LogP contribution in [0.25, 0.3) is 0 Å². The zero-order valence-corrected chi connectivity index (χ0v) is 10.5. The summed E-state index contributed by atoms with van der Waals surface area (Å²) in [5.74, 6) is -0.141. The zero-order chi connectivity index (χ0) is 13.4. The minimum absolute atomic E-state index is 0.0661. The van der Waals surface area contributed by atoms with Crippen LogP contribution in [0.1, 0.15) is 50.9 Å². The average Bonchev–Trinajstić information content (AvgIpc) is 2.85. The van der Waals surface area contributed by atoms with Crippen molar-refractivity contribution in [3.05, 3.63) is 18.2 Å². The van der Waals surface area contributed by atoms with Crippen LogP contribution < -0.4 is 5.32 Å². The maximum absolute atomic E-state index is 11.7. The smallest absolute Gasteiger partial charge is 0.303 e. The van der Waals surface area contributed by atoms with Gasteiger partial charge in [-0.25, -0.2) is 4.98 Å². The normalized spacial score (nSPS) is 12.1. The Balaban J connectivity index is 2.28. The third kappa shape index (κ3) is 4.99. The van der Waals surface area contributed by atoms with E-state index >= 15 is 0 Å². The lowest BCUT2D eigenvalue weighted by molar-refractivity contribution is -0.137. The van der Waals surface area contributed by atoms with Crippen LogP contribution in [0.3, 0.4) is 0 Å². The van der Waals surface area contributed by atoms with Crippen LogP contribution in [0.2, 0.25) is 0 Å². The highest BCUT2D eigenvalue weighted by molar-refractivity contribution is 5.76. The van der Waals surface area contributed by atoms with E-state index in [1.165, 1.54) is 0 Å². The van der Waals surface area contributed by atoms with Crippen molar-refractivity contribution in [2.75, 3.05) is 0 Å². The molecule has 6 nitrogen and oxygen atoms in total. The first kappa shape index (κ1) is 14.2. The van der Waals surface area contributed by atoms with Gasteiger partial charge in [0.2, 0.25) is 5.91 Å². The highest BCUT2D eigenvalue weighted by Gasteiger charge is 2.14. The van der Waals surface area contributed by atoms with E-state index in [1.807, 2.05) is 6.92 Å². The van der Waals surface area contributed by atoms with Crippen LogP contribution in [0.5, 0.6) is 0 Å². The fourth-order valence-corrected chi connectivity index (χ4v) is 1.66. The van der Waals surface area contributed by atoms with Crippen molar-refractivity contribution in [1.82, 2.24) is 15.3 Å². The number of hydrogen-bond donors (Lipinski definition) is 3. The molecule has 1 unspecified atom stereocenters. The number of nitrogens with one attached hydrogen (secondary N) is 2. The number of amides is 1. The molecule has 3 N–H and O–H groups in total. The van der Waals surface area contributed by atoms with Gasteiger partial charge in [-0.05, 0) is 19.3 Å². The van der Waals surface area contributed by atoms with E-state index < -0.39 is 5.97 Å². The van der Waals surface area contributed by atoms with Gasteiger partial charge in [0, 0.05) is 25.2 Å². The molecule has 0 fully saturated rings. The molecule has 1 heterocycles. The molecule has 1 aromatic rings. The monoisotopic (exact) mass is 253 g/mol. The summed E-state index contributed by atoms with van der Waals surface area (Å²) in [5.41, 5.74) is 0. The summed E-state index contributed by atoms with van der Waals surface area (Å²) in [6, 6.07) is -0.105. The van der Waals surface area contributed by atoms with E-state index in [2.05, 4.69) is 15.3 Å². The van der Waals surface area contributed by atoms with Gasteiger partial charge in [0.15, 0.2) is 0 Å². The van der Waals surface area contributed by atoms with Crippen LogP contribution >= 0.6 is 0 Å². The molecule has 0 aliphatic heterocycles. The van der Waals surface area contributed by atoms with E-state index in [9.17, 15) is 9.59 Å². The standard InChI is InChI=1S/C12H19N3O3/c1-2-9(12-13-7-8-14-12)15-10(16)5-3-4-6-11(17)18/h7-9H,2-6H2,1H3,(H,13,14)(H,15,16)(H,17,18). The number of aromatic amines is 1. The van der Waals surface area contributed by atoms with Crippen LogP contribution in [-0.4, -0.2) is 27.0 Å². The number of carbonyl (C=O) groups excluding carboxylic acids is 1. The number of imidazole rings is 1. The molecule has 100 valence electrons. The first-order valence-electron chi connectivity index (χ1n) is 6.14. The summed E-state index contributed by atoms with van der Waals surface area (Å²) in [4.78, 5) is 29.0. The highest BCUT2D eigenvalue weighted by Crippen LogP contribution is 2.12. The van der Waals surface area contributed by atoms with Gasteiger partial charge in [-0.1, -0.05) is 6.92 Å². The number of carboxylic acids is 1. The number of rotatable bonds is 8. The molecule has 1 atom stereocenters. The molecular formula is C12H19N3O3. The number of aromatic nitrogens is 2. The van der Waals surface area contributed by atoms with Gasteiger partial charge in [0.25, 0.3) is 0 Å². The Labute approximate surface area is 106 Å². The second-order valence-corrected chi connectivity index (χ2v) is 4.10. The first-order valence-corrected chi connectivity index (χ1v) is 6.14. The molecule has 0 spiro atoms. The zero-order valence-electron chi connectivity index (χ0n) is 10.5. The molecule has 0 aromatic carbocycles. The number of H-pyrrole nitrogens is 1. The molecule has 0 bridgehead atoms. The molecule has 1 aromatic heterocycles. The van der Waals surface area contributed by atoms with Gasteiger partial charge in [0.1, 0.15) is 5.82 Å². The van der Waals surface area contributed by atoms with Gasteiger partial charge in [0.05, 0.1) is 6.04 Å². The minimum Gasteiger partial charge on any atom is -0.481 e. The Hall–Kier alpha value is -1.85. The van der Waals surface area contributed by atoms with Crippen molar-refractivity contribution in [1.29, 1.82) is 0 Å². The van der Waals surface area contributed by atoms with E-state index in [1.54, 1.807) is 12.4 Å². The molecule has 1 rings (SSSR count). The van der Waals surface area contributed by atoms with Crippen molar-refractivity contribution >= 4 is 11.9 Å². The number of carbonyl (C=O) groups is 2. The second kappa shape index (κ2) is 7.47. The summed E-state index contributed by atoms with van der Waals surface area (Å²) in [5, 5.41) is 11.4. The van der Waals surface area contributed by atoms with Crippen molar-refractivity contribution in [3.63, 3.8) is 0 Å². The predicted octanol–water partition coefficient (Wildman–Crippen LogP) is 1.62. The predicted molar refractivity (Wildman–Crippen MR) is 65.9 cm³/mol. The Morgan fingerprint density at radius 2 is 2.17 bits per heavy atom. The van der Waals surface area contributed by atoms with Crippen molar-refractivity contribution in [2.24, 2.45) is 0 Å². The van der Waals surface area contributed by atoms with Gasteiger partial charge in [-0.15, -0.1) is 0 Å². The van der Waals surface area contributed by atoms with E-state index in [-0.39, 0.29) is 18.4 Å². The number of carboxylic acid groups (broad SMARTS) is 1. The van der Waals surface area contributed by atoms with Crippen LogP contribution in [0, 0.1) is 0 Å². The topological polar surface area (TPSA) is 95.1 Å². The van der Waals surface area contributed by atoms with Crippen molar-refractivity contribution in [2.45, 2.75) is 45.1 Å². The lowest BCUT2D eigenvalue weighted by Crippen LogP contribution is -2.28. The Bertz CT molecular complexity index is 376. The Morgan fingerprint density at radius 3 is 2.72 bits per heavy atom. The molecule has 0 saturated carbocycles. The molecule has 0 aliphatic carbocycles. The molecule has 0 saturated heterocycles. The van der Waals surface area contributed by atoms with Crippen molar-refractivity contribution < 1.29 is 14.7 Å². The van der Waals surface area contributed by atoms with Gasteiger partial charge < -0.3 is 15.4 Å².